The van der Waals surface area contributed by atoms with Gasteiger partial charge in [0, 0.05) is 6.07 Å². The molecule has 0 aliphatic heterocycles. The Kier molecular flexibility index (Phi) is 2.87. The van der Waals surface area contributed by atoms with Gasteiger partial charge in [0.05, 0.1) is 12.8 Å². The Morgan fingerprint density at radius 3 is 2.69 bits per heavy atom. The Morgan fingerprint density at radius 2 is 2.23 bits per heavy atom. The number of pyridine rings is 1. The van der Waals surface area contributed by atoms with Crippen molar-refractivity contribution in [2.24, 2.45) is 0 Å². The summed E-state index contributed by atoms with van der Waals surface area (Å²) in [6, 6.07) is 1.22. The molecule has 0 aliphatic carbocycles. The minimum atomic E-state index is -2.73. The van der Waals surface area contributed by atoms with Crippen molar-refractivity contribution in [2.45, 2.75) is 6.43 Å². The van der Waals surface area contributed by atoms with E-state index < -0.39 is 12.1 Å². The molecular weight excluding hydrogens is 202 g/mol. The predicted octanol–water partition coefficient (Wildman–Crippen LogP) is 2.26. The van der Waals surface area contributed by atoms with Crippen LogP contribution in [0.15, 0.2) is 6.07 Å². The van der Waals surface area contributed by atoms with E-state index in [0.717, 1.165) is 0 Å². The van der Waals surface area contributed by atoms with Gasteiger partial charge in [0.2, 0.25) is 0 Å². The molecule has 0 unspecified atom stereocenters. The van der Waals surface area contributed by atoms with Gasteiger partial charge in [-0.1, -0.05) is 11.6 Å². The number of halogens is 3. The standard InChI is InChI=1S/C7H7ClF2N2O/c1-13-4-2-3(11)5(7(9)10)12-6(4)8/h2,7H,11H2,1H3. The van der Waals surface area contributed by atoms with Crippen LogP contribution in [0.2, 0.25) is 5.15 Å². The summed E-state index contributed by atoms with van der Waals surface area (Å²) in [4.78, 5) is 3.41. The average molecular weight is 209 g/mol. The zero-order valence-electron chi connectivity index (χ0n) is 6.72. The molecule has 1 aromatic rings. The minimum Gasteiger partial charge on any atom is -0.493 e. The van der Waals surface area contributed by atoms with E-state index >= 15 is 0 Å². The van der Waals surface area contributed by atoms with Crippen LogP contribution in [0.1, 0.15) is 12.1 Å². The van der Waals surface area contributed by atoms with Gasteiger partial charge in [-0.25, -0.2) is 13.8 Å². The molecule has 1 heterocycles. The molecule has 0 saturated carbocycles. The van der Waals surface area contributed by atoms with Crippen molar-refractivity contribution in [3.8, 4) is 5.75 Å². The number of aromatic nitrogens is 1. The van der Waals surface area contributed by atoms with Gasteiger partial charge in [-0.15, -0.1) is 0 Å². The lowest BCUT2D eigenvalue weighted by Gasteiger charge is -2.07. The molecule has 0 bridgehead atoms. The van der Waals surface area contributed by atoms with Crippen molar-refractivity contribution >= 4 is 17.3 Å². The molecule has 1 rings (SSSR count). The highest BCUT2D eigenvalue weighted by Gasteiger charge is 2.16. The molecule has 3 nitrogen and oxygen atoms in total. The number of hydrogen-bond donors (Lipinski definition) is 1. The lowest BCUT2D eigenvalue weighted by atomic mass is 10.3. The Hall–Kier alpha value is -1.10. The van der Waals surface area contributed by atoms with Crippen LogP contribution in [0.25, 0.3) is 0 Å². The predicted molar refractivity (Wildman–Crippen MR) is 45.2 cm³/mol. The van der Waals surface area contributed by atoms with Crippen molar-refractivity contribution in [2.75, 3.05) is 12.8 Å². The number of anilines is 1. The zero-order chi connectivity index (χ0) is 10.0. The Bertz CT molecular complexity index is 320. The number of nitrogens with zero attached hydrogens (tertiary/aromatic N) is 1. The second kappa shape index (κ2) is 3.74. The summed E-state index contributed by atoms with van der Waals surface area (Å²) in [7, 11) is 1.35. The SMILES string of the molecule is COc1cc(N)c(C(F)F)nc1Cl. The molecule has 72 valence electrons. The van der Waals surface area contributed by atoms with E-state index in [9.17, 15) is 8.78 Å². The first-order valence-corrected chi connectivity index (χ1v) is 3.72. The van der Waals surface area contributed by atoms with Crippen molar-refractivity contribution < 1.29 is 13.5 Å². The van der Waals surface area contributed by atoms with Gasteiger partial charge >= 0.3 is 0 Å². The molecule has 0 saturated heterocycles. The van der Waals surface area contributed by atoms with Crippen molar-refractivity contribution in [1.82, 2.24) is 4.98 Å². The molecule has 0 fully saturated rings. The minimum absolute atomic E-state index is 0.119. The lowest BCUT2D eigenvalue weighted by molar-refractivity contribution is 0.147. The summed E-state index contributed by atoms with van der Waals surface area (Å²) in [6.45, 7) is 0. The maximum absolute atomic E-state index is 12.2. The first-order valence-electron chi connectivity index (χ1n) is 3.34. The molecule has 6 heteroatoms. The van der Waals surface area contributed by atoms with Gasteiger partial charge in [0.25, 0.3) is 6.43 Å². The van der Waals surface area contributed by atoms with Gasteiger partial charge < -0.3 is 10.5 Å². The number of hydrogen-bond acceptors (Lipinski definition) is 3. The van der Waals surface area contributed by atoms with E-state index in [4.69, 9.17) is 22.1 Å². The highest BCUT2D eigenvalue weighted by molar-refractivity contribution is 6.30. The van der Waals surface area contributed by atoms with E-state index in [2.05, 4.69) is 4.98 Å². The summed E-state index contributed by atoms with van der Waals surface area (Å²) in [5.41, 5.74) is 4.63. The number of alkyl halides is 2. The van der Waals surface area contributed by atoms with Gasteiger partial charge in [-0.2, -0.15) is 0 Å². The quantitative estimate of drug-likeness (QED) is 0.759. The Balaban J connectivity index is 3.20. The molecular formula is C7H7ClF2N2O. The topological polar surface area (TPSA) is 48.1 Å². The summed E-state index contributed by atoms with van der Waals surface area (Å²) in [5, 5.41) is -0.119. The van der Waals surface area contributed by atoms with Crippen LogP contribution in [0.5, 0.6) is 5.75 Å². The summed E-state index contributed by atoms with van der Waals surface area (Å²) in [6.07, 6.45) is -2.73. The lowest BCUT2D eigenvalue weighted by Crippen LogP contribution is -2.00. The van der Waals surface area contributed by atoms with Crippen LogP contribution in [-0.2, 0) is 0 Å². The first kappa shape index (κ1) is 9.98. The Labute approximate surface area is 78.5 Å². The van der Waals surface area contributed by atoms with Crippen LogP contribution in [0.4, 0.5) is 14.5 Å². The third kappa shape index (κ3) is 1.98. The van der Waals surface area contributed by atoms with Crippen LogP contribution < -0.4 is 10.5 Å². The summed E-state index contributed by atoms with van der Waals surface area (Å²) >= 11 is 5.52. The monoisotopic (exact) mass is 208 g/mol. The Morgan fingerprint density at radius 1 is 1.62 bits per heavy atom. The molecule has 0 aliphatic rings. The number of nitrogen functional groups attached to an aromatic ring is 1. The molecule has 0 spiro atoms. The number of nitrogens with two attached hydrogens (primary N) is 1. The van der Waals surface area contributed by atoms with Crippen molar-refractivity contribution in [1.29, 1.82) is 0 Å². The van der Waals surface area contributed by atoms with Crippen molar-refractivity contribution in [3.63, 3.8) is 0 Å². The van der Waals surface area contributed by atoms with Crippen molar-refractivity contribution in [3.05, 3.63) is 16.9 Å². The van der Waals surface area contributed by atoms with Crippen LogP contribution in [0, 0.1) is 0 Å². The second-order valence-electron chi connectivity index (χ2n) is 2.26. The summed E-state index contributed by atoms with van der Waals surface area (Å²) in [5.74, 6) is 0.184. The van der Waals surface area contributed by atoms with Gasteiger partial charge in [-0.3, -0.25) is 0 Å². The van der Waals surface area contributed by atoms with Gasteiger partial charge in [0.15, 0.2) is 10.9 Å². The maximum atomic E-state index is 12.2. The number of rotatable bonds is 2. The number of methoxy groups -OCH3 is 1. The van der Waals surface area contributed by atoms with Crippen LogP contribution >= 0.6 is 11.6 Å². The van der Waals surface area contributed by atoms with E-state index in [1.54, 1.807) is 0 Å². The third-order valence-electron chi connectivity index (χ3n) is 1.43. The molecule has 0 atom stereocenters. The summed E-state index contributed by atoms with van der Waals surface area (Å²) < 4.78 is 29.1. The fourth-order valence-corrected chi connectivity index (χ4v) is 1.04. The highest BCUT2D eigenvalue weighted by atomic mass is 35.5. The molecule has 2 N–H and O–H groups in total. The van der Waals surface area contributed by atoms with E-state index in [0.29, 0.717) is 0 Å². The largest absolute Gasteiger partial charge is 0.493 e. The van der Waals surface area contributed by atoms with E-state index in [1.165, 1.54) is 13.2 Å². The number of ether oxygens (including phenoxy) is 1. The molecule has 0 amide bonds. The van der Waals surface area contributed by atoms with Gasteiger partial charge in [-0.05, 0) is 0 Å². The molecule has 1 aromatic heterocycles. The second-order valence-corrected chi connectivity index (χ2v) is 2.61. The van der Waals surface area contributed by atoms with Gasteiger partial charge in [0.1, 0.15) is 5.69 Å². The molecule has 0 aromatic carbocycles. The molecule has 0 radical (unpaired) electrons. The fourth-order valence-electron chi connectivity index (χ4n) is 0.818. The fraction of sp³-hybridized carbons (Fsp3) is 0.286. The average Bonchev–Trinajstić information content (AvgIpc) is 2.07. The van der Waals surface area contributed by atoms with Crippen LogP contribution in [0.3, 0.4) is 0 Å². The first-order chi connectivity index (χ1) is 6.06. The maximum Gasteiger partial charge on any atom is 0.282 e. The normalized spacial score (nSPS) is 10.5. The van der Waals surface area contributed by atoms with Crippen LogP contribution in [-0.4, -0.2) is 12.1 Å². The smallest absolute Gasteiger partial charge is 0.282 e. The zero-order valence-corrected chi connectivity index (χ0v) is 7.48. The highest BCUT2D eigenvalue weighted by Crippen LogP contribution is 2.30. The molecule has 13 heavy (non-hydrogen) atoms. The third-order valence-corrected chi connectivity index (χ3v) is 1.70. The van der Waals surface area contributed by atoms with E-state index in [-0.39, 0.29) is 16.6 Å². The van der Waals surface area contributed by atoms with E-state index in [1.807, 2.05) is 0 Å².